The molecule has 7 nitrogen and oxygen atoms in total. The third kappa shape index (κ3) is 2.85. The van der Waals surface area contributed by atoms with E-state index in [0.29, 0.717) is 5.95 Å². The van der Waals surface area contributed by atoms with Crippen molar-refractivity contribution in [3.63, 3.8) is 0 Å². The van der Waals surface area contributed by atoms with E-state index in [1.165, 1.54) is 0 Å². The van der Waals surface area contributed by atoms with Gasteiger partial charge in [-0.25, -0.2) is 4.98 Å². The number of methoxy groups -OCH3 is 1. The smallest absolute Gasteiger partial charge is 0.229 e. The Morgan fingerprint density at radius 3 is 2.85 bits per heavy atom. The molecule has 0 saturated carbocycles. The number of H-pyrrole nitrogens is 1. The Morgan fingerprint density at radius 2 is 1.93 bits per heavy atom. The summed E-state index contributed by atoms with van der Waals surface area (Å²) in [6, 6.07) is 13.8. The lowest BCUT2D eigenvalue weighted by molar-refractivity contribution is 0.415. The Kier molecular flexibility index (Phi) is 3.50. The molecular weight excluding hydrogens is 340 g/mol. The minimum Gasteiger partial charge on any atom is -0.497 e. The van der Waals surface area contributed by atoms with Crippen LogP contribution in [0.15, 0.2) is 67.3 Å². The Labute approximate surface area is 154 Å². The largest absolute Gasteiger partial charge is 0.497 e. The van der Waals surface area contributed by atoms with Crippen LogP contribution in [-0.4, -0.2) is 31.8 Å². The molecular formula is C20H16N6O. The molecule has 0 fully saturated rings. The number of aromatic amines is 1. The summed E-state index contributed by atoms with van der Waals surface area (Å²) in [6.45, 7) is 0. The zero-order valence-corrected chi connectivity index (χ0v) is 14.5. The van der Waals surface area contributed by atoms with Crippen molar-refractivity contribution in [2.75, 3.05) is 12.4 Å². The standard InChI is InChI=1S/C20H16N6O/c1-27-17-4-2-13-11-26(12-15(13)9-17)19-6-7-21-20(24-19)23-16-3-5-18-14(8-16)10-22-25-18/h2-12H,1H3,(H,22,25)(H,21,23,24). The number of nitrogens with one attached hydrogen (secondary N) is 2. The van der Waals surface area contributed by atoms with Crippen LogP contribution in [0.5, 0.6) is 5.75 Å². The molecule has 5 rings (SSSR count). The van der Waals surface area contributed by atoms with Crippen molar-refractivity contribution in [2.45, 2.75) is 0 Å². The average molecular weight is 356 g/mol. The van der Waals surface area contributed by atoms with E-state index >= 15 is 0 Å². The summed E-state index contributed by atoms with van der Waals surface area (Å²) < 4.78 is 7.28. The average Bonchev–Trinajstić information content (AvgIpc) is 3.33. The molecule has 0 aliphatic rings. The fourth-order valence-corrected chi connectivity index (χ4v) is 3.08. The molecule has 2 N–H and O–H groups in total. The third-order valence-electron chi connectivity index (χ3n) is 4.45. The molecule has 0 spiro atoms. The Balaban J connectivity index is 1.47. The Hall–Kier alpha value is -3.87. The van der Waals surface area contributed by atoms with E-state index in [-0.39, 0.29) is 0 Å². The predicted octanol–water partition coefficient (Wildman–Crippen LogP) is 4.05. The first-order chi connectivity index (χ1) is 13.3. The quantitative estimate of drug-likeness (QED) is 0.508. The van der Waals surface area contributed by atoms with Gasteiger partial charge in [0.25, 0.3) is 0 Å². The van der Waals surface area contributed by atoms with Gasteiger partial charge in [0.1, 0.15) is 11.6 Å². The lowest BCUT2D eigenvalue weighted by Gasteiger charge is -2.07. The summed E-state index contributed by atoms with van der Waals surface area (Å²) >= 11 is 0. The normalized spacial score (nSPS) is 11.1. The number of nitrogens with zero attached hydrogens (tertiary/aromatic N) is 4. The van der Waals surface area contributed by atoms with Gasteiger partial charge >= 0.3 is 0 Å². The van der Waals surface area contributed by atoms with E-state index in [1.807, 2.05) is 59.4 Å². The molecule has 5 aromatic rings. The van der Waals surface area contributed by atoms with Gasteiger partial charge in [-0.3, -0.25) is 5.10 Å². The highest BCUT2D eigenvalue weighted by Gasteiger charge is 2.06. The number of fused-ring (bicyclic) bond motifs is 2. The summed E-state index contributed by atoms with van der Waals surface area (Å²) in [5.41, 5.74) is 1.90. The molecule has 0 radical (unpaired) electrons. The van der Waals surface area contributed by atoms with Gasteiger partial charge in [0, 0.05) is 40.4 Å². The van der Waals surface area contributed by atoms with Crippen molar-refractivity contribution in [1.82, 2.24) is 24.7 Å². The van der Waals surface area contributed by atoms with Crippen LogP contribution in [0.25, 0.3) is 27.5 Å². The van der Waals surface area contributed by atoms with Crippen LogP contribution in [0.4, 0.5) is 11.6 Å². The summed E-state index contributed by atoms with van der Waals surface area (Å²) in [4.78, 5) is 8.96. The number of hydrogen-bond acceptors (Lipinski definition) is 5. The van der Waals surface area contributed by atoms with Crippen LogP contribution < -0.4 is 10.1 Å². The first-order valence-electron chi connectivity index (χ1n) is 8.48. The molecule has 0 amide bonds. The number of rotatable bonds is 4. The Bertz CT molecular complexity index is 1260. The second kappa shape index (κ2) is 6.14. The van der Waals surface area contributed by atoms with Crippen molar-refractivity contribution in [3.05, 3.63) is 67.3 Å². The molecule has 2 aromatic carbocycles. The van der Waals surface area contributed by atoms with Gasteiger partial charge in [0.05, 0.1) is 18.8 Å². The fraction of sp³-hybridized carbons (Fsp3) is 0.0500. The van der Waals surface area contributed by atoms with Gasteiger partial charge in [-0.2, -0.15) is 10.1 Å². The molecule has 3 aromatic heterocycles. The first-order valence-corrected chi connectivity index (χ1v) is 8.48. The molecule has 3 heterocycles. The van der Waals surface area contributed by atoms with Crippen LogP contribution in [0.1, 0.15) is 0 Å². The molecule has 0 aliphatic heterocycles. The van der Waals surface area contributed by atoms with Gasteiger partial charge in [0.15, 0.2) is 0 Å². The number of hydrogen-bond donors (Lipinski definition) is 2. The fourth-order valence-electron chi connectivity index (χ4n) is 3.08. The molecule has 0 bridgehead atoms. The molecule has 27 heavy (non-hydrogen) atoms. The zero-order chi connectivity index (χ0) is 18.2. The van der Waals surface area contributed by atoms with Gasteiger partial charge in [-0.05, 0) is 42.5 Å². The number of anilines is 2. The van der Waals surface area contributed by atoms with Crippen molar-refractivity contribution >= 4 is 33.3 Å². The van der Waals surface area contributed by atoms with Crippen molar-refractivity contribution in [1.29, 1.82) is 0 Å². The molecule has 132 valence electrons. The maximum absolute atomic E-state index is 5.30. The van der Waals surface area contributed by atoms with Gasteiger partial charge < -0.3 is 14.6 Å². The SMILES string of the molecule is COc1ccc2cn(-c3ccnc(Nc4ccc5[nH]ncc5c4)n3)cc2c1. The minimum absolute atomic E-state index is 0.533. The van der Waals surface area contributed by atoms with Crippen LogP contribution in [-0.2, 0) is 0 Å². The summed E-state index contributed by atoms with van der Waals surface area (Å²) in [7, 11) is 1.67. The van der Waals surface area contributed by atoms with E-state index in [0.717, 1.165) is 38.9 Å². The molecule has 0 atom stereocenters. The molecule has 0 aliphatic carbocycles. The van der Waals surface area contributed by atoms with Crippen molar-refractivity contribution < 1.29 is 4.74 Å². The van der Waals surface area contributed by atoms with Crippen LogP contribution in [0.2, 0.25) is 0 Å². The van der Waals surface area contributed by atoms with Crippen LogP contribution >= 0.6 is 0 Å². The topological polar surface area (TPSA) is 80.6 Å². The third-order valence-corrected chi connectivity index (χ3v) is 4.45. The van der Waals surface area contributed by atoms with Crippen molar-refractivity contribution in [3.8, 4) is 11.6 Å². The minimum atomic E-state index is 0.533. The van der Waals surface area contributed by atoms with Crippen LogP contribution in [0, 0.1) is 0 Å². The zero-order valence-electron chi connectivity index (χ0n) is 14.5. The van der Waals surface area contributed by atoms with Gasteiger partial charge in [0.2, 0.25) is 5.95 Å². The molecule has 7 heteroatoms. The van der Waals surface area contributed by atoms with Crippen molar-refractivity contribution in [2.24, 2.45) is 0 Å². The van der Waals surface area contributed by atoms with Gasteiger partial charge in [-0.1, -0.05) is 0 Å². The molecule has 0 unspecified atom stereocenters. The van der Waals surface area contributed by atoms with Gasteiger partial charge in [-0.15, -0.1) is 0 Å². The Morgan fingerprint density at radius 1 is 1.00 bits per heavy atom. The van der Waals surface area contributed by atoms with E-state index in [9.17, 15) is 0 Å². The van der Waals surface area contributed by atoms with E-state index in [4.69, 9.17) is 4.74 Å². The number of benzene rings is 2. The number of aromatic nitrogens is 5. The van der Waals surface area contributed by atoms with Crippen LogP contribution in [0.3, 0.4) is 0 Å². The summed E-state index contributed by atoms with van der Waals surface area (Å²) in [6.07, 6.45) is 7.60. The second-order valence-electron chi connectivity index (χ2n) is 6.20. The monoisotopic (exact) mass is 356 g/mol. The lowest BCUT2D eigenvalue weighted by atomic mass is 10.2. The van der Waals surface area contributed by atoms with E-state index in [2.05, 4.69) is 25.5 Å². The predicted molar refractivity (Wildman–Crippen MR) is 105 cm³/mol. The maximum Gasteiger partial charge on any atom is 0.229 e. The summed E-state index contributed by atoms with van der Waals surface area (Å²) in [5, 5.41) is 13.5. The second-order valence-corrected chi connectivity index (χ2v) is 6.20. The molecule has 0 saturated heterocycles. The highest BCUT2D eigenvalue weighted by molar-refractivity contribution is 5.84. The van der Waals surface area contributed by atoms with E-state index in [1.54, 1.807) is 19.5 Å². The highest BCUT2D eigenvalue weighted by Crippen LogP contribution is 2.24. The lowest BCUT2D eigenvalue weighted by Crippen LogP contribution is -2.01. The summed E-state index contributed by atoms with van der Waals surface area (Å²) in [5.74, 6) is 2.15. The highest BCUT2D eigenvalue weighted by atomic mass is 16.5. The maximum atomic E-state index is 5.30. The first kappa shape index (κ1) is 15.4. The van der Waals surface area contributed by atoms with E-state index < -0.39 is 0 Å². The number of ether oxygens (including phenoxy) is 1.